The highest BCUT2D eigenvalue weighted by atomic mass is 16.2. The molecule has 0 fully saturated rings. The number of anilines is 1. The predicted molar refractivity (Wildman–Crippen MR) is 109 cm³/mol. The Bertz CT molecular complexity index is 976. The summed E-state index contributed by atoms with van der Waals surface area (Å²) in [6, 6.07) is 23.2. The molecule has 0 saturated carbocycles. The molecule has 0 aromatic heterocycles. The van der Waals surface area contributed by atoms with Crippen molar-refractivity contribution in [2.24, 2.45) is 5.10 Å². The Kier molecular flexibility index (Phi) is 5.94. The van der Waals surface area contributed by atoms with Crippen LogP contribution in [-0.2, 0) is 9.59 Å². The normalized spacial score (nSPS) is 11.2. The summed E-state index contributed by atoms with van der Waals surface area (Å²) in [7, 11) is 0. The molecule has 0 saturated heterocycles. The largest absolute Gasteiger partial charge is 0.326 e. The fraction of sp³-hybridized carbons (Fsp3) is 0.136. The van der Waals surface area contributed by atoms with Crippen molar-refractivity contribution in [1.82, 2.24) is 5.43 Å². The molecule has 0 atom stereocenters. The van der Waals surface area contributed by atoms with E-state index in [9.17, 15) is 9.59 Å². The van der Waals surface area contributed by atoms with Crippen LogP contribution in [0.25, 0.3) is 10.8 Å². The molecular formula is C22H21N3O2. The van der Waals surface area contributed by atoms with Gasteiger partial charge in [-0.15, -0.1) is 0 Å². The van der Waals surface area contributed by atoms with Crippen LogP contribution in [-0.4, -0.2) is 17.5 Å². The Morgan fingerprint density at radius 2 is 1.48 bits per heavy atom. The Morgan fingerprint density at radius 3 is 2.30 bits per heavy atom. The van der Waals surface area contributed by atoms with Gasteiger partial charge in [0.2, 0.25) is 11.8 Å². The molecule has 0 aliphatic heterocycles. The summed E-state index contributed by atoms with van der Waals surface area (Å²) in [5.74, 6) is -0.497. The molecule has 2 amide bonds. The summed E-state index contributed by atoms with van der Waals surface area (Å²) in [5.41, 5.74) is 4.89. The topological polar surface area (TPSA) is 70.6 Å². The highest BCUT2D eigenvalue weighted by molar-refractivity contribution is 6.03. The van der Waals surface area contributed by atoms with E-state index in [-0.39, 0.29) is 24.7 Å². The number of rotatable bonds is 6. The summed E-state index contributed by atoms with van der Waals surface area (Å²) < 4.78 is 0. The van der Waals surface area contributed by atoms with Crippen LogP contribution in [0.5, 0.6) is 0 Å². The molecule has 5 nitrogen and oxygen atoms in total. The van der Waals surface area contributed by atoms with Gasteiger partial charge in [-0.1, -0.05) is 66.7 Å². The maximum Gasteiger partial charge on any atom is 0.240 e. The molecule has 0 aliphatic carbocycles. The Balaban J connectivity index is 1.52. The summed E-state index contributed by atoms with van der Waals surface area (Å²) in [6.45, 7) is 1.82. The molecule has 2 N–H and O–H groups in total. The van der Waals surface area contributed by atoms with Gasteiger partial charge in [-0.3, -0.25) is 9.59 Å². The van der Waals surface area contributed by atoms with Crippen molar-refractivity contribution in [3.63, 3.8) is 0 Å². The lowest BCUT2D eigenvalue weighted by Gasteiger charge is -2.08. The number of benzene rings is 3. The van der Waals surface area contributed by atoms with Gasteiger partial charge in [0.05, 0.1) is 5.71 Å². The number of hydrogen-bond donors (Lipinski definition) is 2. The highest BCUT2D eigenvalue weighted by Crippen LogP contribution is 2.23. The monoisotopic (exact) mass is 359 g/mol. The molecule has 27 heavy (non-hydrogen) atoms. The van der Waals surface area contributed by atoms with Crippen molar-refractivity contribution in [3.05, 3.63) is 78.4 Å². The van der Waals surface area contributed by atoms with Crippen molar-refractivity contribution in [2.45, 2.75) is 19.8 Å². The molecule has 0 heterocycles. The van der Waals surface area contributed by atoms with Gasteiger partial charge in [0, 0.05) is 23.9 Å². The van der Waals surface area contributed by atoms with E-state index >= 15 is 0 Å². The predicted octanol–water partition coefficient (Wildman–Crippen LogP) is 4.10. The first-order valence-electron chi connectivity index (χ1n) is 8.79. The first-order chi connectivity index (χ1) is 13.1. The van der Waals surface area contributed by atoms with Crippen molar-refractivity contribution in [3.8, 4) is 0 Å². The van der Waals surface area contributed by atoms with Crippen LogP contribution < -0.4 is 10.7 Å². The van der Waals surface area contributed by atoms with Crippen LogP contribution in [0.1, 0.15) is 25.3 Å². The third kappa shape index (κ3) is 5.01. The van der Waals surface area contributed by atoms with E-state index in [2.05, 4.69) is 15.8 Å². The van der Waals surface area contributed by atoms with E-state index in [1.807, 2.05) is 79.7 Å². The maximum absolute atomic E-state index is 12.2. The standard InChI is InChI=1S/C22H21N3O2/c1-16(17-8-3-2-4-9-17)24-25-22(27)15-14-21(26)23-20-13-7-11-18-10-5-6-12-19(18)20/h2-13H,14-15H2,1H3,(H,23,26)(H,25,27). The molecule has 0 radical (unpaired) electrons. The molecule has 3 aromatic carbocycles. The van der Waals surface area contributed by atoms with Gasteiger partial charge < -0.3 is 5.32 Å². The summed E-state index contributed by atoms with van der Waals surface area (Å²) >= 11 is 0. The molecule has 0 unspecified atom stereocenters. The van der Waals surface area contributed by atoms with Crippen LogP contribution in [0.2, 0.25) is 0 Å². The van der Waals surface area contributed by atoms with E-state index in [1.54, 1.807) is 0 Å². The average Bonchev–Trinajstić information content (AvgIpc) is 2.71. The van der Waals surface area contributed by atoms with Crippen LogP contribution in [0.4, 0.5) is 5.69 Å². The number of fused-ring (bicyclic) bond motifs is 1. The van der Waals surface area contributed by atoms with Crippen LogP contribution in [0.15, 0.2) is 77.9 Å². The van der Waals surface area contributed by atoms with Crippen molar-refractivity contribution in [2.75, 3.05) is 5.32 Å². The quantitative estimate of drug-likeness (QED) is 0.514. The molecule has 3 aromatic rings. The van der Waals surface area contributed by atoms with Gasteiger partial charge in [-0.05, 0) is 23.9 Å². The molecule has 0 bridgehead atoms. The van der Waals surface area contributed by atoms with Gasteiger partial charge in [-0.2, -0.15) is 5.10 Å². The maximum atomic E-state index is 12.2. The number of amides is 2. The molecule has 136 valence electrons. The van der Waals surface area contributed by atoms with Crippen LogP contribution >= 0.6 is 0 Å². The molecule has 0 aliphatic rings. The molecule has 5 heteroatoms. The summed E-state index contributed by atoms with van der Waals surface area (Å²) in [4.78, 5) is 24.1. The van der Waals surface area contributed by atoms with E-state index in [0.29, 0.717) is 5.71 Å². The fourth-order valence-electron chi connectivity index (χ4n) is 2.72. The van der Waals surface area contributed by atoms with Crippen molar-refractivity contribution in [1.29, 1.82) is 0 Å². The third-order valence-electron chi connectivity index (χ3n) is 4.18. The van der Waals surface area contributed by atoms with Gasteiger partial charge >= 0.3 is 0 Å². The summed E-state index contributed by atoms with van der Waals surface area (Å²) in [6.07, 6.45) is 0.164. The Morgan fingerprint density at radius 1 is 0.815 bits per heavy atom. The lowest BCUT2D eigenvalue weighted by Crippen LogP contribution is -2.21. The summed E-state index contributed by atoms with van der Waals surface area (Å²) in [5, 5.41) is 8.99. The number of carbonyl (C=O) groups is 2. The van der Waals surface area contributed by atoms with E-state index in [1.165, 1.54) is 0 Å². The Hall–Kier alpha value is -3.47. The highest BCUT2D eigenvalue weighted by Gasteiger charge is 2.09. The minimum atomic E-state index is -0.293. The number of nitrogens with zero attached hydrogens (tertiary/aromatic N) is 1. The van der Waals surface area contributed by atoms with Crippen LogP contribution in [0.3, 0.4) is 0 Å². The minimum Gasteiger partial charge on any atom is -0.326 e. The minimum absolute atomic E-state index is 0.0716. The van der Waals surface area contributed by atoms with Crippen molar-refractivity contribution >= 4 is 34.0 Å². The zero-order chi connectivity index (χ0) is 19.1. The number of carbonyl (C=O) groups excluding carboxylic acids is 2. The second-order valence-electron chi connectivity index (χ2n) is 6.17. The first-order valence-corrected chi connectivity index (χ1v) is 8.79. The molecule has 3 rings (SSSR count). The fourth-order valence-corrected chi connectivity index (χ4v) is 2.72. The van der Waals surface area contributed by atoms with E-state index in [4.69, 9.17) is 0 Å². The van der Waals surface area contributed by atoms with Gasteiger partial charge in [0.1, 0.15) is 0 Å². The van der Waals surface area contributed by atoms with Gasteiger partial charge in [0.25, 0.3) is 0 Å². The molecule has 0 spiro atoms. The van der Waals surface area contributed by atoms with Crippen LogP contribution in [0, 0.1) is 0 Å². The second kappa shape index (κ2) is 8.76. The zero-order valence-corrected chi connectivity index (χ0v) is 15.1. The number of hydrogen-bond acceptors (Lipinski definition) is 3. The van der Waals surface area contributed by atoms with E-state index < -0.39 is 0 Å². The number of nitrogens with one attached hydrogen (secondary N) is 2. The average molecular weight is 359 g/mol. The zero-order valence-electron chi connectivity index (χ0n) is 15.1. The smallest absolute Gasteiger partial charge is 0.240 e. The first kappa shape index (κ1) is 18.3. The number of hydrazone groups is 1. The lowest BCUT2D eigenvalue weighted by atomic mass is 10.1. The third-order valence-corrected chi connectivity index (χ3v) is 4.18. The van der Waals surface area contributed by atoms with Gasteiger partial charge in [-0.25, -0.2) is 5.43 Å². The second-order valence-corrected chi connectivity index (χ2v) is 6.17. The van der Waals surface area contributed by atoms with E-state index in [0.717, 1.165) is 22.0 Å². The molecular weight excluding hydrogens is 338 g/mol. The Labute approximate surface area is 158 Å². The van der Waals surface area contributed by atoms with Crippen molar-refractivity contribution < 1.29 is 9.59 Å². The lowest BCUT2D eigenvalue weighted by molar-refractivity contribution is -0.124. The van der Waals surface area contributed by atoms with Gasteiger partial charge in [0.15, 0.2) is 0 Å². The SMILES string of the molecule is CC(=NNC(=O)CCC(=O)Nc1cccc2ccccc12)c1ccccc1.